The van der Waals surface area contributed by atoms with Crippen LogP contribution in [0.4, 0.5) is 5.00 Å². The molecule has 1 N–H and O–H groups in total. The summed E-state index contributed by atoms with van der Waals surface area (Å²) in [5.41, 5.74) is 3.25. The number of amides is 1. The second-order valence-corrected chi connectivity index (χ2v) is 8.81. The van der Waals surface area contributed by atoms with Gasteiger partial charge in [-0.25, -0.2) is 4.79 Å². The monoisotopic (exact) mass is 449 g/mol. The predicted molar refractivity (Wildman–Crippen MR) is 127 cm³/mol. The van der Waals surface area contributed by atoms with Gasteiger partial charge in [0.05, 0.1) is 18.8 Å². The summed E-state index contributed by atoms with van der Waals surface area (Å²) in [6.07, 6.45) is 4.73. The lowest BCUT2D eigenvalue weighted by atomic mass is 9.95. The zero-order valence-corrected chi connectivity index (χ0v) is 19.0. The Morgan fingerprint density at radius 1 is 1.03 bits per heavy atom. The summed E-state index contributed by atoms with van der Waals surface area (Å²) in [7, 11) is 0. The largest absolute Gasteiger partial charge is 0.493 e. The van der Waals surface area contributed by atoms with Gasteiger partial charge < -0.3 is 14.8 Å². The van der Waals surface area contributed by atoms with Crippen molar-refractivity contribution in [1.29, 1.82) is 0 Å². The summed E-state index contributed by atoms with van der Waals surface area (Å²) in [6.45, 7) is 2.62. The molecule has 2 aromatic carbocycles. The van der Waals surface area contributed by atoms with Gasteiger partial charge in [0, 0.05) is 16.9 Å². The van der Waals surface area contributed by atoms with Crippen LogP contribution in [-0.4, -0.2) is 25.1 Å². The quantitative estimate of drug-likeness (QED) is 0.450. The number of hydrogen-bond donors (Lipinski definition) is 1. The topological polar surface area (TPSA) is 64.6 Å². The number of fused-ring (bicyclic) bond motifs is 1. The molecule has 0 radical (unpaired) electrons. The average Bonchev–Trinajstić information content (AvgIpc) is 3.18. The molecular formula is C26H27NO4S. The molecule has 0 unspecified atom stereocenters. The maximum Gasteiger partial charge on any atom is 0.341 e. The first-order chi connectivity index (χ1) is 15.7. The highest BCUT2D eigenvalue weighted by Crippen LogP contribution is 2.38. The van der Waals surface area contributed by atoms with Gasteiger partial charge in [-0.2, -0.15) is 0 Å². The van der Waals surface area contributed by atoms with Crippen LogP contribution in [0.15, 0.2) is 54.6 Å². The van der Waals surface area contributed by atoms with Gasteiger partial charge in [-0.1, -0.05) is 36.4 Å². The van der Waals surface area contributed by atoms with Gasteiger partial charge in [-0.05, 0) is 61.9 Å². The maximum atomic E-state index is 13.0. The number of esters is 1. The Hall–Kier alpha value is -3.12. The van der Waals surface area contributed by atoms with Crippen molar-refractivity contribution >= 4 is 28.2 Å². The van der Waals surface area contributed by atoms with Gasteiger partial charge in [0.15, 0.2) is 0 Å². The predicted octanol–water partition coefficient (Wildman–Crippen LogP) is 5.68. The van der Waals surface area contributed by atoms with Crippen LogP contribution >= 0.6 is 11.3 Å². The third-order valence-electron chi connectivity index (χ3n) is 5.48. The lowest BCUT2D eigenvalue weighted by Crippen LogP contribution is -2.16. The Morgan fingerprint density at radius 2 is 1.84 bits per heavy atom. The first-order valence-electron chi connectivity index (χ1n) is 11.1. The minimum absolute atomic E-state index is 0.261. The summed E-state index contributed by atoms with van der Waals surface area (Å²) in [5.74, 6) is 0.0209. The molecule has 0 spiro atoms. The van der Waals surface area contributed by atoms with E-state index in [1.54, 1.807) is 25.1 Å². The lowest BCUT2D eigenvalue weighted by molar-refractivity contribution is 0.0526. The molecule has 4 rings (SSSR count). The molecule has 5 nitrogen and oxygen atoms in total. The zero-order chi connectivity index (χ0) is 22.3. The maximum absolute atomic E-state index is 13.0. The molecule has 0 saturated carbocycles. The fraction of sp³-hybridized carbons (Fsp3) is 0.308. The standard InChI is InChI=1S/C26H27NO4S/c1-2-30-26(29)23-21-13-6-7-14-22(21)32-25(23)27-24(28)19-11-8-12-20(17-19)31-16-15-18-9-4-3-5-10-18/h3-5,8-12,17H,2,6-7,13-16H2,1H3,(H,27,28). The number of benzene rings is 2. The Kier molecular flexibility index (Phi) is 7.22. The Morgan fingerprint density at radius 3 is 2.66 bits per heavy atom. The fourth-order valence-electron chi connectivity index (χ4n) is 3.91. The van der Waals surface area contributed by atoms with Crippen molar-refractivity contribution in [1.82, 2.24) is 0 Å². The fourth-order valence-corrected chi connectivity index (χ4v) is 5.18. The molecule has 0 aliphatic heterocycles. The van der Waals surface area contributed by atoms with Crippen LogP contribution < -0.4 is 10.1 Å². The van der Waals surface area contributed by atoms with Gasteiger partial charge in [0.25, 0.3) is 5.91 Å². The molecule has 0 bridgehead atoms. The molecule has 3 aromatic rings. The van der Waals surface area contributed by atoms with Crippen molar-refractivity contribution in [2.45, 2.75) is 39.0 Å². The van der Waals surface area contributed by atoms with Gasteiger partial charge in [-0.15, -0.1) is 11.3 Å². The van der Waals surface area contributed by atoms with Crippen molar-refractivity contribution in [3.63, 3.8) is 0 Å². The summed E-state index contributed by atoms with van der Waals surface area (Å²) >= 11 is 1.49. The number of carbonyl (C=O) groups excluding carboxylic acids is 2. The smallest absolute Gasteiger partial charge is 0.341 e. The highest BCUT2D eigenvalue weighted by Gasteiger charge is 2.27. The molecule has 1 aliphatic rings. The van der Waals surface area contributed by atoms with Gasteiger partial charge in [-0.3, -0.25) is 4.79 Å². The molecule has 1 amide bonds. The van der Waals surface area contributed by atoms with E-state index in [1.165, 1.54) is 21.8 Å². The zero-order valence-electron chi connectivity index (χ0n) is 18.2. The van der Waals surface area contributed by atoms with Crippen molar-refractivity contribution in [2.75, 3.05) is 18.5 Å². The number of thiophene rings is 1. The number of hydrogen-bond acceptors (Lipinski definition) is 5. The van der Waals surface area contributed by atoms with Crippen molar-refractivity contribution < 1.29 is 19.1 Å². The highest BCUT2D eigenvalue weighted by atomic mass is 32.1. The third-order valence-corrected chi connectivity index (χ3v) is 6.68. The van der Waals surface area contributed by atoms with Gasteiger partial charge in [0.2, 0.25) is 0 Å². The van der Waals surface area contributed by atoms with Gasteiger partial charge >= 0.3 is 5.97 Å². The van der Waals surface area contributed by atoms with E-state index in [9.17, 15) is 9.59 Å². The minimum atomic E-state index is -0.361. The molecule has 1 aliphatic carbocycles. The third kappa shape index (κ3) is 5.19. The molecule has 166 valence electrons. The molecule has 6 heteroatoms. The molecule has 0 fully saturated rings. The number of aryl methyl sites for hydroxylation is 1. The van der Waals surface area contributed by atoms with E-state index >= 15 is 0 Å². The van der Waals surface area contributed by atoms with E-state index in [0.29, 0.717) is 35.1 Å². The number of nitrogens with one attached hydrogen (secondary N) is 1. The molecule has 32 heavy (non-hydrogen) atoms. The first kappa shape index (κ1) is 22.1. The second-order valence-electron chi connectivity index (χ2n) is 7.70. The second kappa shape index (κ2) is 10.5. The SMILES string of the molecule is CCOC(=O)c1c(NC(=O)c2cccc(OCCc3ccccc3)c2)sc2c1CCCC2. The van der Waals surface area contributed by atoms with Crippen LogP contribution in [0, 0.1) is 0 Å². The number of anilines is 1. The highest BCUT2D eigenvalue weighted by molar-refractivity contribution is 7.17. The molecule has 0 saturated heterocycles. The molecule has 1 aromatic heterocycles. The van der Waals surface area contributed by atoms with Crippen LogP contribution in [0.25, 0.3) is 0 Å². The van der Waals surface area contributed by atoms with E-state index < -0.39 is 0 Å². The van der Waals surface area contributed by atoms with Crippen LogP contribution in [0.1, 0.15) is 56.5 Å². The van der Waals surface area contributed by atoms with Gasteiger partial charge in [0.1, 0.15) is 10.8 Å². The van der Waals surface area contributed by atoms with Crippen LogP contribution in [-0.2, 0) is 24.0 Å². The van der Waals surface area contributed by atoms with Crippen molar-refractivity contribution in [3.8, 4) is 5.75 Å². The van der Waals surface area contributed by atoms with E-state index in [-0.39, 0.29) is 11.9 Å². The molecule has 1 heterocycles. The molecule has 0 atom stereocenters. The normalized spacial score (nSPS) is 12.7. The van der Waals surface area contributed by atoms with Crippen LogP contribution in [0.3, 0.4) is 0 Å². The van der Waals surface area contributed by atoms with Crippen LogP contribution in [0.2, 0.25) is 0 Å². The van der Waals surface area contributed by atoms with Crippen LogP contribution in [0.5, 0.6) is 5.75 Å². The van der Waals surface area contributed by atoms with Crippen molar-refractivity contribution in [3.05, 3.63) is 81.7 Å². The Bertz CT molecular complexity index is 1090. The average molecular weight is 450 g/mol. The van der Waals surface area contributed by atoms with Crippen molar-refractivity contribution in [2.24, 2.45) is 0 Å². The number of carbonyl (C=O) groups is 2. The number of ether oxygens (including phenoxy) is 2. The summed E-state index contributed by atoms with van der Waals surface area (Å²) in [4.78, 5) is 26.8. The first-order valence-corrected chi connectivity index (χ1v) is 11.9. The minimum Gasteiger partial charge on any atom is -0.493 e. The number of rotatable bonds is 8. The summed E-state index contributed by atoms with van der Waals surface area (Å²) in [5, 5.41) is 3.54. The van der Waals surface area contributed by atoms with E-state index in [2.05, 4.69) is 17.4 Å². The van der Waals surface area contributed by atoms with E-state index in [1.807, 2.05) is 24.3 Å². The summed E-state index contributed by atoms with van der Waals surface area (Å²) in [6, 6.07) is 17.3. The van der Waals surface area contributed by atoms with E-state index in [0.717, 1.165) is 37.7 Å². The van der Waals surface area contributed by atoms with E-state index in [4.69, 9.17) is 9.47 Å². The Balaban J connectivity index is 1.46. The summed E-state index contributed by atoms with van der Waals surface area (Å²) < 4.78 is 11.1. The Labute approximate surface area is 192 Å². The lowest BCUT2D eigenvalue weighted by Gasteiger charge is -2.12. The molecular weight excluding hydrogens is 422 g/mol.